The van der Waals surface area contributed by atoms with Gasteiger partial charge in [-0.3, -0.25) is 4.90 Å². The highest BCUT2D eigenvalue weighted by molar-refractivity contribution is 5.84. The van der Waals surface area contributed by atoms with Crippen molar-refractivity contribution in [3.8, 4) is 11.5 Å². The number of nitrogens with zero attached hydrogens (tertiary/aromatic N) is 1. The lowest BCUT2D eigenvalue weighted by Crippen LogP contribution is -2.40. The third-order valence-corrected chi connectivity index (χ3v) is 8.67. The van der Waals surface area contributed by atoms with Crippen LogP contribution >= 0.6 is 0 Å². The van der Waals surface area contributed by atoms with Crippen molar-refractivity contribution in [1.29, 1.82) is 0 Å². The Kier molecular flexibility index (Phi) is 11.7. The Labute approximate surface area is 267 Å². The normalized spacial score (nSPS) is 19.0. The zero-order valence-electron chi connectivity index (χ0n) is 26.2. The molecule has 2 aliphatic heterocycles. The number of ether oxygens (including phenoxy) is 5. The summed E-state index contributed by atoms with van der Waals surface area (Å²) in [6, 6.07) is 31.8. The molecule has 0 bridgehead atoms. The Morgan fingerprint density at radius 2 is 1.53 bits per heavy atom. The molecule has 7 nitrogen and oxygen atoms in total. The van der Waals surface area contributed by atoms with Crippen LogP contribution in [0.1, 0.15) is 35.4 Å². The second-order valence-electron chi connectivity index (χ2n) is 11.9. The molecular formula is C38H46N2O5. The second kappa shape index (κ2) is 16.7. The quantitative estimate of drug-likeness (QED) is 0.161. The molecule has 0 spiro atoms. The minimum absolute atomic E-state index is 0.109. The third-order valence-electron chi connectivity index (χ3n) is 8.67. The molecule has 4 aromatic rings. The third kappa shape index (κ3) is 9.52. The lowest BCUT2D eigenvalue weighted by molar-refractivity contribution is 0.0106. The molecule has 0 amide bonds. The Morgan fingerprint density at radius 3 is 2.40 bits per heavy atom. The predicted octanol–water partition coefficient (Wildman–Crippen LogP) is 6.20. The lowest BCUT2D eigenvalue weighted by Gasteiger charge is -2.32. The van der Waals surface area contributed by atoms with Gasteiger partial charge >= 0.3 is 0 Å². The van der Waals surface area contributed by atoms with Crippen molar-refractivity contribution in [2.75, 3.05) is 65.8 Å². The van der Waals surface area contributed by atoms with E-state index in [1.54, 1.807) is 0 Å². The molecule has 0 aliphatic carbocycles. The first-order valence-corrected chi connectivity index (χ1v) is 16.4. The summed E-state index contributed by atoms with van der Waals surface area (Å²) in [4.78, 5) is 2.39. The molecule has 0 unspecified atom stereocenters. The number of nitrogens with one attached hydrogen (secondary N) is 1. The highest BCUT2D eigenvalue weighted by Crippen LogP contribution is 2.30. The van der Waals surface area contributed by atoms with Gasteiger partial charge in [-0.25, -0.2) is 0 Å². The Balaban J connectivity index is 0.963. The maximum Gasteiger partial charge on any atom is 0.120 e. The Morgan fingerprint density at radius 1 is 0.733 bits per heavy atom. The molecule has 2 atom stereocenters. The Hall–Kier alpha value is -3.46. The van der Waals surface area contributed by atoms with E-state index in [2.05, 4.69) is 83.0 Å². The molecule has 0 saturated carbocycles. The minimum Gasteiger partial charge on any atom is -0.494 e. The van der Waals surface area contributed by atoms with E-state index in [1.807, 2.05) is 18.2 Å². The maximum atomic E-state index is 6.56. The number of fused-ring (bicyclic) bond motifs is 1. The average Bonchev–Trinajstić information content (AvgIpc) is 3.10. The van der Waals surface area contributed by atoms with Crippen molar-refractivity contribution >= 4 is 10.8 Å². The largest absolute Gasteiger partial charge is 0.494 e. The van der Waals surface area contributed by atoms with Crippen LogP contribution in [0.15, 0.2) is 91.0 Å². The van der Waals surface area contributed by atoms with E-state index in [1.165, 1.54) is 27.5 Å². The summed E-state index contributed by atoms with van der Waals surface area (Å²) in [5, 5.41) is 5.91. The first-order chi connectivity index (χ1) is 22.3. The molecule has 2 saturated heterocycles. The highest BCUT2D eigenvalue weighted by Gasteiger charge is 2.27. The van der Waals surface area contributed by atoms with Crippen LogP contribution in [0.5, 0.6) is 11.5 Å². The van der Waals surface area contributed by atoms with E-state index in [0.29, 0.717) is 39.0 Å². The number of morpholine rings is 1. The first-order valence-electron chi connectivity index (χ1n) is 16.4. The molecular weight excluding hydrogens is 564 g/mol. The number of rotatable bonds is 15. The fraction of sp³-hybridized carbons (Fsp3) is 0.421. The molecule has 1 N–H and O–H groups in total. The van der Waals surface area contributed by atoms with Gasteiger partial charge in [0.05, 0.1) is 45.7 Å². The lowest BCUT2D eigenvalue weighted by atomic mass is 9.87. The number of piperidine rings is 1. The smallest absolute Gasteiger partial charge is 0.120 e. The summed E-state index contributed by atoms with van der Waals surface area (Å²) in [5.41, 5.74) is 3.67. The zero-order chi connectivity index (χ0) is 30.5. The van der Waals surface area contributed by atoms with E-state index in [4.69, 9.17) is 23.7 Å². The van der Waals surface area contributed by atoms with Gasteiger partial charge in [-0.2, -0.15) is 0 Å². The van der Waals surface area contributed by atoms with Gasteiger partial charge in [0, 0.05) is 38.5 Å². The molecule has 0 radical (unpaired) electrons. The molecule has 4 aromatic carbocycles. The molecule has 238 valence electrons. The fourth-order valence-corrected chi connectivity index (χ4v) is 6.09. The van der Waals surface area contributed by atoms with Crippen LogP contribution in [0.2, 0.25) is 0 Å². The van der Waals surface area contributed by atoms with Gasteiger partial charge in [0.2, 0.25) is 0 Å². The molecule has 45 heavy (non-hydrogen) atoms. The van der Waals surface area contributed by atoms with Gasteiger partial charge in [0.1, 0.15) is 18.1 Å². The number of hydrogen-bond donors (Lipinski definition) is 1. The first kappa shape index (κ1) is 31.5. The standard InChI is InChI=1S/C38H46N2O5/c1-2-5-30(6-3-1)28-42-20-4-21-43-35-12-10-33(11-13-35)37-15-16-39-27-38(37)45-29-31-7-8-32-9-14-36(26-34(32)25-31)44-24-19-40-17-22-41-23-18-40/h1-3,5-14,25-26,37-39H,4,15-24,27-29H2/t37-,38-/m0/s1. The number of benzene rings is 4. The second-order valence-corrected chi connectivity index (χ2v) is 11.9. The average molecular weight is 611 g/mol. The van der Waals surface area contributed by atoms with Crippen LogP contribution in [0, 0.1) is 0 Å². The van der Waals surface area contributed by atoms with Crippen molar-refractivity contribution in [3.05, 3.63) is 108 Å². The molecule has 6 rings (SSSR count). The minimum atomic E-state index is 0.109. The van der Waals surface area contributed by atoms with Gasteiger partial charge in [-0.15, -0.1) is 0 Å². The van der Waals surface area contributed by atoms with Gasteiger partial charge < -0.3 is 29.0 Å². The van der Waals surface area contributed by atoms with E-state index in [-0.39, 0.29) is 6.10 Å². The van der Waals surface area contributed by atoms with Crippen molar-refractivity contribution in [2.45, 2.75) is 38.1 Å². The Bertz CT molecular complexity index is 1440. The van der Waals surface area contributed by atoms with E-state index >= 15 is 0 Å². The van der Waals surface area contributed by atoms with Crippen molar-refractivity contribution in [3.63, 3.8) is 0 Å². The zero-order valence-corrected chi connectivity index (χ0v) is 26.2. The SMILES string of the molecule is c1ccc(COCCCOc2ccc([C@@H]3CCNC[C@@H]3OCc3ccc4ccc(OCCN5CCOCC5)cc4c3)cc2)cc1. The van der Waals surface area contributed by atoms with Gasteiger partial charge in [0.25, 0.3) is 0 Å². The van der Waals surface area contributed by atoms with Crippen molar-refractivity contribution in [1.82, 2.24) is 10.2 Å². The van der Waals surface area contributed by atoms with Gasteiger partial charge in [0.15, 0.2) is 0 Å². The van der Waals surface area contributed by atoms with Crippen LogP contribution in [-0.2, 0) is 27.4 Å². The summed E-state index contributed by atoms with van der Waals surface area (Å²) >= 11 is 0. The van der Waals surface area contributed by atoms with Crippen LogP contribution in [-0.4, -0.2) is 76.8 Å². The summed E-state index contributed by atoms with van der Waals surface area (Å²) in [5.74, 6) is 2.15. The van der Waals surface area contributed by atoms with Gasteiger partial charge in [-0.05, 0) is 70.8 Å². The van der Waals surface area contributed by atoms with Crippen LogP contribution in [0.3, 0.4) is 0 Å². The molecule has 2 aliphatic rings. The van der Waals surface area contributed by atoms with Crippen molar-refractivity contribution in [2.24, 2.45) is 0 Å². The summed E-state index contributed by atoms with van der Waals surface area (Å²) in [7, 11) is 0. The van der Waals surface area contributed by atoms with Crippen LogP contribution in [0.4, 0.5) is 0 Å². The van der Waals surface area contributed by atoms with Crippen molar-refractivity contribution < 1.29 is 23.7 Å². The van der Waals surface area contributed by atoms with Gasteiger partial charge in [-0.1, -0.05) is 60.7 Å². The van der Waals surface area contributed by atoms with E-state index in [0.717, 1.165) is 70.3 Å². The topological polar surface area (TPSA) is 61.4 Å². The molecule has 0 aromatic heterocycles. The summed E-state index contributed by atoms with van der Waals surface area (Å²) < 4.78 is 29.9. The monoisotopic (exact) mass is 610 g/mol. The summed E-state index contributed by atoms with van der Waals surface area (Å²) in [6.07, 6.45) is 2.02. The molecule has 2 heterocycles. The van der Waals surface area contributed by atoms with E-state index in [9.17, 15) is 0 Å². The predicted molar refractivity (Wildman–Crippen MR) is 178 cm³/mol. The van der Waals surface area contributed by atoms with E-state index < -0.39 is 0 Å². The molecule has 2 fully saturated rings. The number of hydrogen-bond acceptors (Lipinski definition) is 7. The maximum absolute atomic E-state index is 6.56. The van der Waals surface area contributed by atoms with Crippen LogP contribution < -0.4 is 14.8 Å². The highest BCUT2D eigenvalue weighted by atomic mass is 16.5. The fourth-order valence-electron chi connectivity index (χ4n) is 6.09. The molecule has 7 heteroatoms. The van der Waals surface area contributed by atoms with Crippen LogP contribution in [0.25, 0.3) is 10.8 Å². The summed E-state index contributed by atoms with van der Waals surface area (Å²) in [6.45, 7) is 9.58.